The second kappa shape index (κ2) is 7.81. The summed E-state index contributed by atoms with van der Waals surface area (Å²) in [5.74, 6) is -0.637. The van der Waals surface area contributed by atoms with Gasteiger partial charge in [-0.05, 0) is 25.8 Å². The second-order valence-electron chi connectivity index (χ2n) is 5.85. The molecule has 0 spiro atoms. The molecule has 0 fully saturated rings. The van der Waals surface area contributed by atoms with Crippen LogP contribution in [-0.2, 0) is 17.7 Å². The molecule has 0 bridgehead atoms. The summed E-state index contributed by atoms with van der Waals surface area (Å²) in [5, 5.41) is 2.96. The van der Waals surface area contributed by atoms with Gasteiger partial charge in [0.15, 0.2) is 0 Å². The summed E-state index contributed by atoms with van der Waals surface area (Å²) in [6.45, 7) is 6.33. The lowest BCUT2D eigenvalue weighted by molar-refractivity contribution is 0.0599. The topological polar surface area (TPSA) is 89.0 Å². The van der Waals surface area contributed by atoms with E-state index in [9.17, 15) is 9.59 Å². The summed E-state index contributed by atoms with van der Waals surface area (Å²) in [6, 6.07) is -0.0774. The maximum atomic E-state index is 12.6. The molecule has 2 aromatic heterocycles. The number of rotatable bonds is 7. The lowest BCUT2D eigenvalue weighted by Gasteiger charge is -2.14. The van der Waals surface area contributed by atoms with Gasteiger partial charge in [-0.1, -0.05) is 13.3 Å². The number of hydrogen-bond donors (Lipinski definition) is 2. The molecule has 2 heterocycles. The molecule has 130 valence electrons. The fourth-order valence-electron chi connectivity index (χ4n) is 2.80. The summed E-state index contributed by atoms with van der Waals surface area (Å²) >= 11 is 0. The number of carbonyl (C=O) groups is 2. The molecule has 0 aliphatic heterocycles. The quantitative estimate of drug-likeness (QED) is 0.760. The fraction of sp³-hybridized carbons (Fsp3) is 0.471. The van der Waals surface area contributed by atoms with Crippen LogP contribution in [0, 0.1) is 6.92 Å². The molecule has 7 nitrogen and oxygen atoms in total. The minimum Gasteiger partial charge on any atom is -0.465 e. The maximum Gasteiger partial charge on any atom is 0.339 e. The highest BCUT2D eigenvalue weighted by Crippen LogP contribution is 2.22. The third-order valence-electron chi connectivity index (χ3n) is 3.83. The minimum absolute atomic E-state index is 0.0774. The van der Waals surface area contributed by atoms with Crippen LogP contribution in [0.4, 0.5) is 0 Å². The van der Waals surface area contributed by atoms with E-state index in [1.165, 1.54) is 7.11 Å². The average Bonchev–Trinajstić information content (AvgIpc) is 3.15. The average molecular weight is 332 g/mol. The van der Waals surface area contributed by atoms with Gasteiger partial charge < -0.3 is 19.6 Å². The smallest absolute Gasteiger partial charge is 0.339 e. The largest absolute Gasteiger partial charge is 0.465 e. The van der Waals surface area contributed by atoms with Crippen LogP contribution in [0.2, 0.25) is 0 Å². The van der Waals surface area contributed by atoms with Gasteiger partial charge in [-0.2, -0.15) is 0 Å². The number of aryl methyl sites for hydroxylation is 1. The summed E-state index contributed by atoms with van der Waals surface area (Å²) in [6.07, 6.45) is 6.71. The maximum absolute atomic E-state index is 12.6. The minimum atomic E-state index is -0.419. The van der Waals surface area contributed by atoms with E-state index in [-0.39, 0.29) is 11.9 Å². The van der Waals surface area contributed by atoms with Crippen molar-refractivity contribution in [1.29, 1.82) is 0 Å². The Balaban J connectivity index is 2.20. The van der Waals surface area contributed by atoms with Crippen LogP contribution >= 0.6 is 0 Å². The van der Waals surface area contributed by atoms with Gasteiger partial charge in [-0.3, -0.25) is 4.79 Å². The first-order chi connectivity index (χ1) is 11.5. The molecule has 0 aliphatic carbocycles. The van der Waals surface area contributed by atoms with E-state index in [0.717, 1.165) is 6.42 Å². The summed E-state index contributed by atoms with van der Waals surface area (Å²) in [5.41, 5.74) is 2.27. The molecule has 7 heteroatoms. The van der Waals surface area contributed by atoms with Crippen molar-refractivity contribution in [2.24, 2.45) is 0 Å². The van der Waals surface area contributed by atoms with Gasteiger partial charge in [0.25, 0.3) is 5.91 Å². The number of hydrogen-bond acceptors (Lipinski definition) is 4. The van der Waals surface area contributed by atoms with Crippen LogP contribution in [0.15, 0.2) is 18.7 Å². The van der Waals surface area contributed by atoms with Crippen LogP contribution in [0.1, 0.15) is 52.4 Å². The van der Waals surface area contributed by atoms with Crippen LogP contribution in [0.25, 0.3) is 0 Å². The van der Waals surface area contributed by atoms with Crippen molar-refractivity contribution in [1.82, 2.24) is 19.9 Å². The lowest BCUT2D eigenvalue weighted by Crippen LogP contribution is -2.36. The number of esters is 1. The number of nitrogens with one attached hydrogen (secondary N) is 2. The number of carbonyl (C=O) groups excluding carboxylic acids is 2. The highest BCUT2D eigenvalue weighted by molar-refractivity contribution is 6.00. The highest BCUT2D eigenvalue weighted by Gasteiger charge is 2.25. The number of nitrogens with zero attached hydrogens (tertiary/aromatic N) is 2. The van der Waals surface area contributed by atoms with E-state index in [2.05, 4.69) is 15.3 Å². The summed E-state index contributed by atoms with van der Waals surface area (Å²) in [4.78, 5) is 31.7. The van der Waals surface area contributed by atoms with Crippen LogP contribution < -0.4 is 5.32 Å². The number of methoxy groups -OCH3 is 1. The molecule has 0 saturated heterocycles. The second-order valence-corrected chi connectivity index (χ2v) is 5.85. The van der Waals surface area contributed by atoms with Crippen LogP contribution in [0.3, 0.4) is 0 Å². The SMILES string of the molecule is CCCc1c(C(=O)N[C@H](C)Cn2ccnc2)[nH]c(C)c1C(=O)OC. The zero-order valence-electron chi connectivity index (χ0n) is 14.5. The highest BCUT2D eigenvalue weighted by atomic mass is 16.5. The van der Waals surface area contributed by atoms with E-state index >= 15 is 0 Å². The van der Waals surface area contributed by atoms with E-state index in [0.29, 0.717) is 35.5 Å². The predicted octanol–water partition coefficient (Wildman–Crippen LogP) is 2.08. The first-order valence-corrected chi connectivity index (χ1v) is 8.04. The Kier molecular flexibility index (Phi) is 5.78. The van der Waals surface area contributed by atoms with Gasteiger partial charge in [-0.15, -0.1) is 0 Å². The Morgan fingerprint density at radius 2 is 2.21 bits per heavy atom. The van der Waals surface area contributed by atoms with Crippen LogP contribution in [0.5, 0.6) is 0 Å². The molecule has 0 unspecified atom stereocenters. The Bertz CT molecular complexity index is 704. The Morgan fingerprint density at radius 3 is 2.79 bits per heavy atom. The Morgan fingerprint density at radius 1 is 1.46 bits per heavy atom. The first kappa shape index (κ1) is 17.8. The normalized spacial score (nSPS) is 12.0. The van der Waals surface area contributed by atoms with E-state index in [1.807, 2.05) is 24.6 Å². The monoisotopic (exact) mass is 332 g/mol. The molecule has 2 N–H and O–H groups in total. The molecule has 0 aromatic carbocycles. The summed E-state index contributed by atoms with van der Waals surface area (Å²) < 4.78 is 6.75. The van der Waals surface area contributed by atoms with Gasteiger partial charge >= 0.3 is 5.97 Å². The van der Waals surface area contributed by atoms with Gasteiger partial charge in [0, 0.05) is 30.7 Å². The number of aromatic amines is 1. The number of amides is 1. The number of ether oxygens (including phenoxy) is 1. The van der Waals surface area contributed by atoms with Crippen molar-refractivity contribution in [2.45, 2.75) is 46.2 Å². The van der Waals surface area contributed by atoms with E-state index in [1.54, 1.807) is 19.4 Å². The molecular formula is C17H24N4O3. The molecular weight excluding hydrogens is 308 g/mol. The van der Waals surface area contributed by atoms with Gasteiger partial charge in [0.2, 0.25) is 0 Å². The van der Waals surface area contributed by atoms with Crippen molar-refractivity contribution in [3.05, 3.63) is 41.2 Å². The van der Waals surface area contributed by atoms with Crippen molar-refractivity contribution in [3.8, 4) is 0 Å². The molecule has 2 rings (SSSR count). The van der Waals surface area contributed by atoms with Crippen molar-refractivity contribution in [3.63, 3.8) is 0 Å². The third-order valence-corrected chi connectivity index (χ3v) is 3.83. The zero-order chi connectivity index (χ0) is 17.7. The predicted molar refractivity (Wildman–Crippen MR) is 90.0 cm³/mol. The molecule has 1 amide bonds. The first-order valence-electron chi connectivity index (χ1n) is 8.04. The molecule has 24 heavy (non-hydrogen) atoms. The van der Waals surface area contributed by atoms with Crippen molar-refractivity contribution in [2.75, 3.05) is 7.11 Å². The summed E-state index contributed by atoms with van der Waals surface area (Å²) in [7, 11) is 1.34. The Labute approximate surface area is 141 Å². The fourth-order valence-corrected chi connectivity index (χ4v) is 2.80. The van der Waals surface area contributed by atoms with Crippen molar-refractivity contribution >= 4 is 11.9 Å². The lowest BCUT2D eigenvalue weighted by atomic mass is 10.0. The molecule has 0 aliphatic rings. The molecule has 1 atom stereocenters. The molecule has 0 saturated carbocycles. The van der Waals surface area contributed by atoms with E-state index < -0.39 is 5.97 Å². The van der Waals surface area contributed by atoms with Gasteiger partial charge in [0.1, 0.15) is 5.69 Å². The van der Waals surface area contributed by atoms with Crippen molar-refractivity contribution < 1.29 is 14.3 Å². The zero-order valence-corrected chi connectivity index (χ0v) is 14.5. The molecule has 0 radical (unpaired) electrons. The Hall–Kier alpha value is -2.57. The van der Waals surface area contributed by atoms with Crippen LogP contribution in [-0.4, -0.2) is 39.6 Å². The number of imidazole rings is 1. The van der Waals surface area contributed by atoms with Gasteiger partial charge in [-0.25, -0.2) is 9.78 Å². The van der Waals surface area contributed by atoms with E-state index in [4.69, 9.17) is 4.74 Å². The number of aromatic nitrogens is 3. The molecule has 2 aromatic rings. The standard InChI is InChI=1S/C17H24N4O3/c1-5-6-13-14(17(23)24-4)12(3)20-15(13)16(22)19-11(2)9-21-8-7-18-10-21/h7-8,10-11,20H,5-6,9H2,1-4H3,(H,19,22)/t11-/m1/s1. The number of H-pyrrole nitrogens is 1. The third kappa shape index (κ3) is 3.84. The van der Waals surface area contributed by atoms with Gasteiger partial charge in [0.05, 0.1) is 19.0 Å².